The van der Waals surface area contributed by atoms with Crippen LogP contribution in [0.3, 0.4) is 0 Å². The van der Waals surface area contributed by atoms with Gasteiger partial charge in [0.15, 0.2) is 0 Å². The van der Waals surface area contributed by atoms with E-state index < -0.39 is 39.2 Å². The van der Waals surface area contributed by atoms with Gasteiger partial charge in [0.05, 0.1) is 19.3 Å². The first-order valence-electron chi connectivity index (χ1n) is 10.2. The van der Waals surface area contributed by atoms with Crippen LogP contribution in [-0.2, 0) is 33.2 Å². The summed E-state index contributed by atoms with van der Waals surface area (Å²) in [5.41, 5.74) is 9.23. The Balaban J connectivity index is 2.76. The third kappa shape index (κ3) is 7.93. The molecule has 1 aliphatic rings. The second-order valence-corrected chi connectivity index (χ2v) is 10.3. The summed E-state index contributed by atoms with van der Waals surface area (Å²) >= 11 is 0. The Morgan fingerprint density at radius 3 is 1.94 bits per heavy atom. The maximum absolute atomic E-state index is 12.4. The number of hydrogen-bond acceptors (Lipinski definition) is 8. The van der Waals surface area contributed by atoms with Crippen LogP contribution in [-0.4, -0.2) is 50.6 Å². The predicted octanol–water partition coefficient (Wildman–Crippen LogP) is 1.61. The molecular formula is C19H35N3O8S. The van der Waals surface area contributed by atoms with E-state index in [4.69, 9.17) is 24.7 Å². The van der Waals surface area contributed by atoms with E-state index in [9.17, 15) is 22.8 Å². The highest BCUT2D eigenvalue weighted by Gasteiger charge is 2.41. The van der Waals surface area contributed by atoms with Gasteiger partial charge < -0.3 is 16.2 Å². The number of primary amides is 2. The number of carbonyl (C=O) groups is 3. The zero-order chi connectivity index (χ0) is 24.0. The minimum absolute atomic E-state index is 0.0768. The Morgan fingerprint density at radius 2 is 1.48 bits per heavy atom. The zero-order valence-corrected chi connectivity index (χ0v) is 19.7. The third-order valence-corrected chi connectivity index (χ3v) is 6.85. The van der Waals surface area contributed by atoms with Crippen molar-refractivity contribution in [2.24, 2.45) is 28.2 Å². The second-order valence-electron chi connectivity index (χ2n) is 9.10. The quantitative estimate of drug-likeness (QED) is 0.342. The molecule has 1 fully saturated rings. The molecule has 0 heterocycles. The Kier molecular flexibility index (Phi) is 9.27. The van der Waals surface area contributed by atoms with Gasteiger partial charge in [-0.05, 0) is 31.1 Å². The van der Waals surface area contributed by atoms with Crippen molar-refractivity contribution in [3.8, 4) is 0 Å². The summed E-state index contributed by atoms with van der Waals surface area (Å²) in [5.74, 6) is -1.12. The zero-order valence-electron chi connectivity index (χ0n) is 18.9. The highest BCUT2D eigenvalue weighted by atomic mass is 32.3. The Bertz CT molecular complexity index is 758. The Labute approximate surface area is 184 Å². The van der Waals surface area contributed by atoms with E-state index in [0.29, 0.717) is 30.7 Å². The van der Waals surface area contributed by atoms with Crippen LogP contribution < -0.4 is 11.5 Å². The van der Waals surface area contributed by atoms with E-state index >= 15 is 0 Å². The van der Waals surface area contributed by atoms with Crippen LogP contribution in [0.15, 0.2) is 0 Å². The molecule has 0 aromatic heterocycles. The van der Waals surface area contributed by atoms with Gasteiger partial charge in [0, 0.05) is 17.8 Å². The number of urea groups is 1. The molecule has 3 amide bonds. The van der Waals surface area contributed by atoms with Gasteiger partial charge in [-0.3, -0.25) is 9.59 Å². The van der Waals surface area contributed by atoms with Crippen LogP contribution in [0.4, 0.5) is 4.79 Å². The predicted molar refractivity (Wildman–Crippen MR) is 111 cm³/mol. The van der Waals surface area contributed by atoms with Crippen molar-refractivity contribution in [2.75, 3.05) is 13.2 Å². The van der Waals surface area contributed by atoms with Gasteiger partial charge in [0.25, 0.3) is 0 Å². The van der Waals surface area contributed by atoms with E-state index in [1.165, 1.54) is 0 Å². The second kappa shape index (κ2) is 10.6. The fourth-order valence-corrected chi connectivity index (χ4v) is 3.84. The summed E-state index contributed by atoms with van der Waals surface area (Å²) in [6, 6.07) is -1.70. The van der Waals surface area contributed by atoms with Crippen molar-refractivity contribution in [2.45, 2.75) is 72.8 Å². The molecule has 4 N–H and O–H groups in total. The van der Waals surface area contributed by atoms with E-state index in [2.05, 4.69) is 0 Å². The van der Waals surface area contributed by atoms with Gasteiger partial charge >= 0.3 is 22.4 Å². The summed E-state index contributed by atoms with van der Waals surface area (Å²) in [7, 11) is -4.61. The number of hydrogen-bond donors (Lipinski definition) is 2. The van der Waals surface area contributed by atoms with E-state index in [0.717, 1.165) is 0 Å². The molecule has 0 bridgehead atoms. The fourth-order valence-electron chi connectivity index (χ4n) is 2.97. The van der Waals surface area contributed by atoms with Crippen molar-refractivity contribution >= 4 is 28.3 Å². The van der Waals surface area contributed by atoms with Gasteiger partial charge in [-0.1, -0.05) is 34.6 Å². The average Bonchev–Trinajstić information content (AvgIpc) is 2.68. The van der Waals surface area contributed by atoms with Gasteiger partial charge in [-0.25, -0.2) is 8.98 Å². The molecule has 12 heteroatoms. The number of esters is 1. The number of ether oxygens (including phenoxy) is 1. The van der Waals surface area contributed by atoms with Crippen molar-refractivity contribution in [1.82, 2.24) is 5.06 Å². The molecule has 0 aliphatic heterocycles. The summed E-state index contributed by atoms with van der Waals surface area (Å²) in [5, 5.41) is 0.577. The number of nitrogens with two attached hydrogens (primary N) is 2. The molecule has 0 unspecified atom stereocenters. The van der Waals surface area contributed by atoms with Crippen LogP contribution in [0.2, 0.25) is 0 Å². The molecule has 0 saturated heterocycles. The van der Waals surface area contributed by atoms with E-state index in [-0.39, 0.29) is 31.5 Å². The van der Waals surface area contributed by atoms with E-state index in [1.54, 1.807) is 20.8 Å². The van der Waals surface area contributed by atoms with Gasteiger partial charge in [0.1, 0.15) is 0 Å². The summed E-state index contributed by atoms with van der Waals surface area (Å²) in [6.07, 6.45) is 1.65. The highest BCUT2D eigenvalue weighted by Crippen LogP contribution is 2.39. The molecule has 0 aromatic rings. The summed E-state index contributed by atoms with van der Waals surface area (Å²) < 4.78 is 39.9. The Morgan fingerprint density at radius 1 is 0.968 bits per heavy atom. The van der Waals surface area contributed by atoms with E-state index in [1.807, 2.05) is 13.8 Å². The average molecular weight is 466 g/mol. The van der Waals surface area contributed by atoms with Gasteiger partial charge in [-0.15, -0.1) is 4.28 Å². The van der Waals surface area contributed by atoms with Crippen molar-refractivity contribution < 1.29 is 36.0 Å². The van der Waals surface area contributed by atoms with Crippen LogP contribution in [0.1, 0.15) is 66.7 Å². The SMILES string of the molecule is CCC(=O)OCC(C)(C)C(C)(C)COS(=O)(=O)ON(C(N)=O)C1CCC(C(N)=O)CC1. The first-order valence-corrected chi connectivity index (χ1v) is 11.6. The lowest BCUT2D eigenvalue weighted by atomic mass is 9.69. The minimum Gasteiger partial charge on any atom is -0.465 e. The lowest BCUT2D eigenvalue weighted by molar-refractivity contribution is -0.149. The van der Waals surface area contributed by atoms with Crippen LogP contribution in [0.25, 0.3) is 0 Å². The maximum Gasteiger partial charge on any atom is 0.421 e. The topological polar surface area (TPSA) is 168 Å². The standard InChI is InChI=1S/C19H35N3O8S/c1-6-15(23)28-11-18(2,3)19(4,5)12-29-31(26,27)30-22(17(21)25)14-9-7-13(8-10-14)16(20)24/h13-14H,6-12H2,1-5H3,(H2,20,24)(H2,21,25). The van der Waals surface area contributed by atoms with Gasteiger partial charge in [-0.2, -0.15) is 13.5 Å². The van der Waals surface area contributed by atoms with Gasteiger partial charge in [0.2, 0.25) is 5.91 Å². The number of hydroxylamine groups is 2. The fraction of sp³-hybridized carbons (Fsp3) is 0.842. The first-order chi connectivity index (χ1) is 14.1. The maximum atomic E-state index is 12.4. The monoisotopic (exact) mass is 465 g/mol. The molecule has 0 atom stereocenters. The molecule has 1 aliphatic carbocycles. The molecule has 0 aromatic carbocycles. The molecule has 1 rings (SSSR count). The molecule has 0 radical (unpaired) electrons. The summed E-state index contributed by atoms with van der Waals surface area (Å²) in [6.45, 7) is 8.64. The lowest BCUT2D eigenvalue weighted by Gasteiger charge is -2.40. The van der Waals surface area contributed by atoms with Crippen LogP contribution >= 0.6 is 0 Å². The summed E-state index contributed by atoms with van der Waals surface area (Å²) in [4.78, 5) is 34.5. The number of nitrogens with zero attached hydrogens (tertiary/aromatic N) is 1. The molecule has 31 heavy (non-hydrogen) atoms. The molecule has 180 valence electrons. The minimum atomic E-state index is -4.61. The lowest BCUT2D eigenvalue weighted by Crippen LogP contribution is -2.48. The van der Waals surface area contributed by atoms with Crippen molar-refractivity contribution in [1.29, 1.82) is 0 Å². The third-order valence-electron chi connectivity index (χ3n) is 6.10. The Hall–Kier alpha value is -1.92. The largest absolute Gasteiger partial charge is 0.465 e. The van der Waals surface area contributed by atoms with Crippen LogP contribution in [0.5, 0.6) is 0 Å². The number of carbonyl (C=O) groups excluding carboxylic acids is 3. The number of amides is 3. The molecule has 1 saturated carbocycles. The molecule has 11 nitrogen and oxygen atoms in total. The van der Waals surface area contributed by atoms with Crippen LogP contribution in [0, 0.1) is 16.7 Å². The highest BCUT2D eigenvalue weighted by molar-refractivity contribution is 7.81. The molecule has 0 spiro atoms. The van der Waals surface area contributed by atoms with Crippen molar-refractivity contribution in [3.63, 3.8) is 0 Å². The van der Waals surface area contributed by atoms with Crippen molar-refractivity contribution in [3.05, 3.63) is 0 Å². The first kappa shape index (κ1) is 27.1. The molecular weight excluding hydrogens is 430 g/mol. The smallest absolute Gasteiger partial charge is 0.421 e. The number of rotatable bonds is 11. The normalized spacial score (nSPS) is 20.2.